The van der Waals surface area contributed by atoms with Crippen LogP contribution in [0.15, 0.2) is 18.2 Å². The molecule has 0 aliphatic carbocycles. The second kappa shape index (κ2) is 6.14. The van der Waals surface area contributed by atoms with Crippen molar-refractivity contribution in [2.45, 2.75) is 39.1 Å². The largest absolute Gasteiger partial charge is 0.405 e. The molecule has 6 heteroatoms. The number of nitriles is 1. The summed E-state index contributed by atoms with van der Waals surface area (Å²) >= 11 is 0. The van der Waals surface area contributed by atoms with Crippen LogP contribution in [-0.4, -0.2) is 23.9 Å². The normalized spacial score (nSPS) is 13.2. The van der Waals surface area contributed by atoms with Gasteiger partial charge in [-0.1, -0.05) is 6.07 Å². The highest BCUT2D eigenvalue weighted by Gasteiger charge is 2.33. The minimum Gasteiger partial charge on any atom is -0.389 e. The Morgan fingerprint density at radius 1 is 1.30 bits per heavy atom. The molecule has 0 aliphatic heterocycles. The Kier molecular flexibility index (Phi) is 5.01. The van der Waals surface area contributed by atoms with E-state index in [4.69, 9.17) is 5.26 Å². The number of halogens is 3. The molecule has 1 aromatic carbocycles. The molecule has 0 radical (unpaired) electrons. The Morgan fingerprint density at radius 3 is 2.30 bits per heavy atom. The summed E-state index contributed by atoms with van der Waals surface area (Å²) in [5, 5.41) is 18.6. The van der Waals surface area contributed by atoms with E-state index >= 15 is 0 Å². The number of rotatable bonds is 4. The summed E-state index contributed by atoms with van der Waals surface area (Å²) in [6.45, 7) is 3.63. The third-order valence-electron chi connectivity index (χ3n) is 2.89. The lowest BCUT2D eigenvalue weighted by atomic mass is 10.0. The van der Waals surface area contributed by atoms with E-state index in [-0.39, 0.29) is 11.3 Å². The summed E-state index contributed by atoms with van der Waals surface area (Å²) in [4.78, 5) is 1.14. The molecule has 0 aliphatic rings. The summed E-state index contributed by atoms with van der Waals surface area (Å²) in [6, 6.07) is 5.84. The van der Waals surface area contributed by atoms with E-state index in [1.807, 2.05) is 6.07 Å². The van der Waals surface area contributed by atoms with Gasteiger partial charge >= 0.3 is 6.18 Å². The maximum absolute atomic E-state index is 12.7. The molecule has 0 saturated carbocycles. The molecule has 0 fully saturated rings. The molecule has 0 saturated heterocycles. The van der Waals surface area contributed by atoms with E-state index in [0.717, 1.165) is 4.90 Å². The molecule has 1 aromatic rings. The lowest BCUT2D eigenvalue weighted by molar-refractivity contribution is -0.120. The lowest BCUT2D eigenvalue weighted by Crippen LogP contribution is -2.39. The molecule has 0 spiro atoms. The second-order valence-electron chi connectivity index (χ2n) is 4.90. The topological polar surface area (TPSA) is 47.3 Å². The fourth-order valence-corrected chi connectivity index (χ4v) is 1.95. The average Bonchev–Trinajstić information content (AvgIpc) is 2.33. The molecule has 3 nitrogen and oxygen atoms in total. The highest BCUT2D eigenvalue weighted by atomic mass is 19.4. The third kappa shape index (κ3) is 4.14. The zero-order valence-corrected chi connectivity index (χ0v) is 11.6. The molecule has 20 heavy (non-hydrogen) atoms. The van der Waals surface area contributed by atoms with E-state index in [1.54, 1.807) is 13.8 Å². The summed E-state index contributed by atoms with van der Waals surface area (Å²) in [5.41, 5.74) is 0.880. The van der Waals surface area contributed by atoms with Gasteiger partial charge in [0, 0.05) is 17.3 Å². The molecular formula is C14H17F3N2O. The number of alkyl halides is 3. The van der Waals surface area contributed by atoms with Crippen molar-refractivity contribution in [2.75, 3.05) is 11.4 Å². The first kappa shape index (κ1) is 16.3. The number of hydrogen-bond donors (Lipinski definition) is 1. The Hall–Kier alpha value is -1.74. The van der Waals surface area contributed by atoms with E-state index in [9.17, 15) is 18.3 Å². The van der Waals surface area contributed by atoms with Crippen molar-refractivity contribution in [1.82, 2.24) is 0 Å². The van der Waals surface area contributed by atoms with Crippen molar-refractivity contribution < 1.29 is 18.3 Å². The van der Waals surface area contributed by atoms with Crippen molar-refractivity contribution in [3.05, 3.63) is 29.3 Å². The Balaban J connectivity index is 3.34. The smallest absolute Gasteiger partial charge is 0.389 e. The van der Waals surface area contributed by atoms with Gasteiger partial charge in [0.05, 0.1) is 17.7 Å². The summed E-state index contributed by atoms with van der Waals surface area (Å²) in [6.07, 6.45) is -5.27. The zero-order chi connectivity index (χ0) is 15.5. The Labute approximate surface area is 116 Å². The van der Waals surface area contributed by atoms with Crippen LogP contribution in [0.4, 0.5) is 18.9 Å². The third-order valence-corrected chi connectivity index (χ3v) is 2.89. The number of aliphatic hydroxyl groups is 1. The molecule has 0 amide bonds. The van der Waals surface area contributed by atoms with Crippen molar-refractivity contribution >= 4 is 5.69 Å². The predicted octanol–water partition coefficient (Wildman–Crippen LogP) is 3.39. The monoisotopic (exact) mass is 286 g/mol. The molecule has 110 valence electrons. The molecule has 1 rings (SSSR count). The molecule has 1 N–H and O–H groups in total. The second-order valence-corrected chi connectivity index (χ2v) is 4.90. The number of hydrogen-bond acceptors (Lipinski definition) is 3. The predicted molar refractivity (Wildman–Crippen MR) is 70.3 cm³/mol. The minimum atomic E-state index is -4.36. The highest BCUT2D eigenvalue weighted by Crippen LogP contribution is 2.31. The van der Waals surface area contributed by atoms with Crippen LogP contribution >= 0.6 is 0 Å². The fraction of sp³-hybridized carbons (Fsp3) is 0.500. The number of benzene rings is 1. The van der Waals surface area contributed by atoms with E-state index < -0.39 is 24.9 Å². The van der Waals surface area contributed by atoms with Gasteiger partial charge in [-0.25, -0.2) is 0 Å². The van der Waals surface area contributed by atoms with Gasteiger partial charge in [-0.3, -0.25) is 0 Å². The van der Waals surface area contributed by atoms with Crippen molar-refractivity contribution in [1.29, 1.82) is 5.26 Å². The van der Waals surface area contributed by atoms with Crippen LogP contribution in [-0.2, 0) is 0 Å². The number of nitrogens with zero attached hydrogens (tertiary/aromatic N) is 2. The van der Waals surface area contributed by atoms with Gasteiger partial charge in [0.25, 0.3) is 0 Å². The minimum absolute atomic E-state index is 0.242. The van der Waals surface area contributed by atoms with E-state index in [0.29, 0.717) is 5.56 Å². The standard InChI is InChI=1S/C14H17F3N2O/c1-9(2)19(8-14(15,16)17)13-6-11(7-18)4-5-12(13)10(3)20/h4-6,9-10,20H,8H2,1-3H3. The molecular weight excluding hydrogens is 269 g/mol. The van der Waals surface area contributed by atoms with Crippen LogP contribution in [0.5, 0.6) is 0 Å². The molecule has 0 heterocycles. The van der Waals surface area contributed by atoms with Crippen molar-refractivity contribution in [2.24, 2.45) is 0 Å². The number of aliphatic hydroxyl groups excluding tert-OH is 1. The maximum atomic E-state index is 12.7. The van der Waals surface area contributed by atoms with Crippen LogP contribution in [0.2, 0.25) is 0 Å². The summed E-state index contributed by atoms with van der Waals surface area (Å²) in [5.74, 6) is 0. The van der Waals surface area contributed by atoms with Gasteiger partial charge in [-0.05, 0) is 32.9 Å². The van der Waals surface area contributed by atoms with E-state index in [1.165, 1.54) is 25.1 Å². The van der Waals surface area contributed by atoms with E-state index in [2.05, 4.69) is 0 Å². The van der Waals surface area contributed by atoms with Crippen LogP contribution in [0, 0.1) is 11.3 Å². The first-order valence-corrected chi connectivity index (χ1v) is 6.21. The highest BCUT2D eigenvalue weighted by molar-refractivity contribution is 5.59. The quantitative estimate of drug-likeness (QED) is 0.923. The van der Waals surface area contributed by atoms with Gasteiger partial charge in [0.2, 0.25) is 0 Å². The SMILES string of the molecule is CC(O)c1ccc(C#N)cc1N(CC(F)(F)F)C(C)C. The van der Waals surface area contributed by atoms with Crippen LogP contribution in [0.1, 0.15) is 38.0 Å². The van der Waals surface area contributed by atoms with Gasteiger partial charge in [0.1, 0.15) is 6.54 Å². The summed E-state index contributed by atoms with van der Waals surface area (Å²) in [7, 11) is 0. The molecule has 0 aromatic heterocycles. The lowest BCUT2D eigenvalue weighted by Gasteiger charge is -2.32. The fourth-order valence-electron chi connectivity index (χ4n) is 1.95. The first-order chi connectivity index (χ1) is 9.15. The van der Waals surface area contributed by atoms with Gasteiger partial charge in [0.15, 0.2) is 0 Å². The molecule has 1 atom stereocenters. The zero-order valence-electron chi connectivity index (χ0n) is 11.6. The van der Waals surface area contributed by atoms with Crippen LogP contribution < -0.4 is 4.90 Å². The van der Waals surface area contributed by atoms with Gasteiger partial charge in [-0.15, -0.1) is 0 Å². The van der Waals surface area contributed by atoms with Crippen LogP contribution in [0.3, 0.4) is 0 Å². The van der Waals surface area contributed by atoms with Gasteiger partial charge in [-0.2, -0.15) is 18.4 Å². The Bertz CT molecular complexity index is 504. The van der Waals surface area contributed by atoms with Gasteiger partial charge < -0.3 is 10.0 Å². The van der Waals surface area contributed by atoms with Crippen LogP contribution in [0.25, 0.3) is 0 Å². The Morgan fingerprint density at radius 2 is 1.90 bits per heavy atom. The van der Waals surface area contributed by atoms with Crippen molar-refractivity contribution in [3.8, 4) is 6.07 Å². The average molecular weight is 286 g/mol. The molecule has 0 bridgehead atoms. The number of anilines is 1. The summed E-state index contributed by atoms with van der Waals surface area (Å²) < 4.78 is 38.1. The first-order valence-electron chi connectivity index (χ1n) is 6.21. The van der Waals surface area contributed by atoms with Crippen molar-refractivity contribution in [3.63, 3.8) is 0 Å². The maximum Gasteiger partial charge on any atom is 0.405 e. The molecule has 1 unspecified atom stereocenters.